The van der Waals surface area contributed by atoms with Crippen LogP contribution in [0.3, 0.4) is 0 Å². The van der Waals surface area contributed by atoms with E-state index in [9.17, 15) is 18.5 Å². The molecular formula is C12H17N3O4S. The van der Waals surface area contributed by atoms with Gasteiger partial charge >= 0.3 is 0 Å². The topological polar surface area (TPSA) is 101 Å². The third kappa shape index (κ3) is 3.07. The molecule has 0 radical (unpaired) electrons. The van der Waals surface area contributed by atoms with Crippen LogP contribution >= 0.6 is 0 Å². The maximum Gasteiger partial charge on any atom is 0.292 e. The SMILES string of the molecule is CCNc1cc(S(=O)(=O)NC2CC2C)ccc1[N+](=O)[O-]. The number of benzene rings is 1. The molecule has 2 N–H and O–H groups in total. The zero-order chi connectivity index (χ0) is 14.9. The summed E-state index contributed by atoms with van der Waals surface area (Å²) >= 11 is 0. The lowest BCUT2D eigenvalue weighted by molar-refractivity contribution is -0.384. The van der Waals surface area contributed by atoms with E-state index in [1.54, 1.807) is 6.92 Å². The molecule has 0 saturated heterocycles. The lowest BCUT2D eigenvalue weighted by Gasteiger charge is -2.09. The van der Waals surface area contributed by atoms with Gasteiger partial charge in [0.1, 0.15) is 5.69 Å². The Morgan fingerprint density at radius 2 is 2.10 bits per heavy atom. The molecule has 2 unspecified atom stereocenters. The van der Waals surface area contributed by atoms with Gasteiger partial charge in [-0.2, -0.15) is 0 Å². The third-order valence-electron chi connectivity index (χ3n) is 3.26. The van der Waals surface area contributed by atoms with Crippen LogP contribution in [0.1, 0.15) is 20.3 Å². The lowest BCUT2D eigenvalue weighted by Crippen LogP contribution is -2.26. The van der Waals surface area contributed by atoms with Gasteiger partial charge in [0, 0.05) is 18.7 Å². The second kappa shape index (κ2) is 5.37. The summed E-state index contributed by atoms with van der Waals surface area (Å²) in [4.78, 5) is 10.4. The summed E-state index contributed by atoms with van der Waals surface area (Å²) in [6.07, 6.45) is 0.826. The molecule has 1 saturated carbocycles. The fraction of sp³-hybridized carbons (Fsp3) is 0.500. The van der Waals surface area contributed by atoms with E-state index in [2.05, 4.69) is 10.0 Å². The lowest BCUT2D eigenvalue weighted by atomic mass is 10.2. The van der Waals surface area contributed by atoms with Gasteiger partial charge in [-0.1, -0.05) is 6.92 Å². The van der Waals surface area contributed by atoms with Gasteiger partial charge in [-0.3, -0.25) is 10.1 Å². The smallest absolute Gasteiger partial charge is 0.292 e. The van der Waals surface area contributed by atoms with Crippen molar-refractivity contribution in [1.29, 1.82) is 0 Å². The van der Waals surface area contributed by atoms with Gasteiger partial charge < -0.3 is 5.32 Å². The van der Waals surface area contributed by atoms with Crippen molar-refractivity contribution in [2.45, 2.75) is 31.2 Å². The molecule has 7 nitrogen and oxygen atoms in total. The number of hydrogen-bond donors (Lipinski definition) is 2. The predicted molar refractivity (Wildman–Crippen MR) is 75.2 cm³/mol. The summed E-state index contributed by atoms with van der Waals surface area (Å²) < 4.78 is 26.9. The van der Waals surface area contributed by atoms with E-state index < -0.39 is 14.9 Å². The summed E-state index contributed by atoms with van der Waals surface area (Å²) in [5.74, 6) is 0.344. The molecule has 0 aromatic heterocycles. The van der Waals surface area contributed by atoms with E-state index in [0.29, 0.717) is 12.5 Å². The van der Waals surface area contributed by atoms with E-state index in [1.165, 1.54) is 18.2 Å². The highest BCUT2D eigenvalue weighted by Crippen LogP contribution is 2.32. The van der Waals surface area contributed by atoms with Crippen molar-refractivity contribution >= 4 is 21.4 Å². The number of nitro benzene ring substituents is 1. The van der Waals surface area contributed by atoms with Crippen LogP contribution in [0.2, 0.25) is 0 Å². The van der Waals surface area contributed by atoms with E-state index in [4.69, 9.17) is 0 Å². The second-order valence-electron chi connectivity index (χ2n) is 4.91. The van der Waals surface area contributed by atoms with Crippen molar-refractivity contribution in [3.63, 3.8) is 0 Å². The molecule has 110 valence electrons. The number of nitro groups is 1. The van der Waals surface area contributed by atoms with Crippen LogP contribution < -0.4 is 10.0 Å². The number of nitrogens with one attached hydrogen (secondary N) is 2. The molecule has 20 heavy (non-hydrogen) atoms. The minimum absolute atomic E-state index is 0.0298. The molecule has 1 aromatic carbocycles. The first-order valence-corrected chi connectivity index (χ1v) is 7.88. The molecule has 0 bridgehead atoms. The largest absolute Gasteiger partial charge is 0.380 e. The molecule has 2 atom stereocenters. The fourth-order valence-electron chi connectivity index (χ4n) is 1.93. The van der Waals surface area contributed by atoms with Crippen LogP contribution in [-0.4, -0.2) is 25.9 Å². The average Bonchev–Trinajstić information content (AvgIpc) is 3.04. The number of rotatable bonds is 6. The van der Waals surface area contributed by atoms with Gasteiger partial charge in [0.15, 0.2) is 0 Å². The molecule has 8 heteroatoms. The Kier molecular flexibility index (Phi) is 3.96. The van der Waals surface area contributed by atoms with Crippen LogP contribution in [0.15, 0.2) is 23.1 Å². The Labute approximate surface area is 117 Å². The Morgan fingerprint density at radius 1 is 1.45 bits per heavy atom. The molecule has 0 heterocycles. The van der Waals surface area contributed by atoms with Crippen molar-refractivity contribution in [2.75, 3.05) is 11.9 Å². The summed E-state index contributed by atoms with van der Waals surface area (Å²) in [7, 11) is -3.63. The number of hydrogen-bond acceptors (Lipinski definition) is 5. The van der Waals surface area contributed by atoms with E-state index in [0.717, 1.165) is 6.42 Å². The number of anilines is 1. The van der Waals surface area contributed by atoms with Crippen molar-refractivity contribution in [3.05, 3.63) is 28.3 Å². The second-order valence-corrected chi connectivity index (χ2v) is 6.62. The first kappa shape index (κ1) is 14.7. The Balaban J connectivity index is 2.32. The van der Waals surface area contributed by atoms with Crippen LogP contribution in [-0.2, 0) is 10.0 Å². The third-order valence-corrected chi connectivity index (χ3v) is 4.75. The minimum atomic E-state index is -3.63. The van der Waals surface area contributed by atoms with Gasteiger partial charge in [0.05, 0.1) is 9.82 Å². The zero-order valence-corrected chi connectivity index (χ0v) is 12.1. The van der Waals surface area contributed by atoms with Crippen molar-refractivity contribution in [2.24, 2.45) is 5.92 Å². The van der Waals surface area contributed by atoms with Gasteiger partial charge in [0.25, 0.3) is 5.69 Å². The monoisotopic (exact) mass is 299 g/mol. The predicted octanol–water partition coefficient (Wildman–Crippen LogP) is 1.71. The van der Waals surface area contributed by atoms with Crippen molar-refractivity contribution < 1.29 is 13.3 Å². The highest BCUT2D eigenvalue weighted by molar-refractivity contribution is 7.89. The molecule has 1 aliphatic rings. The number of sulfonamides is 1. The van der Waals surface area contributed by atoms with Crippen LogP contribution in [0.5, 0.6) is 0 Å². The Morgan fingerprint density at radius 3 is 2.60 bits per heavy atom. The molecule has 2 rings (SSSR count). The van der Waals surface area contributed by atoms with Gasteiger partial charge in [0.2, 0.25) is 10.0 Å². The highest BCUT2D eigenvalue weighted by Gasteiger charge is 2.36. The number of nitrogens with zero attached hydrogens (tertiary/aromatic N) is 1. The van der Waals surface area contributed by atoms with Gasteiger partial charge in [-0.25, -0.2) is 13.1 Å². The van der Waals surface area contributed by atoms with E-state index in [1.807, 2.05) is 6.92 Å². The van der Waals surface area contributed by atoms with Crippen molar-refractivity contribution in [1.82, 2.24) is 4.72 Å². The molecule has 0 spiro atoms. The molecular weight excluding hydrogens is 282 g/mol. The Hall–Kier alpha value is -1.67. The van der Waals surface area contributed by atoms with Crippen molar-refractivity contribution in [3.8, 4) is 0 Å². The molecule has 1 aromatic rings. The van der Waals surface area contributed by atoms with Gasteiger partial charge in [-0.05, 0) is 31.4 Å². The first-order valence-electron chi connectivity index (χ1n) is 6.39. The normalized spacial score (nSPS) is 21.5. The summed E-state index contributed by atoms with van der Waals surface area (Å²) in [5.41, 5.74) is 0.0785. The summed E-state index contributed by atoms with van der Waals surface area (Å²) in [6, 6.07) is 3.74. The van der Waals surface area contributed by atoms with Crippen LogP contribution in [0, 0.1) is 16.0 Å². The van der Waals surface area contributed by atoms with E-state index in [-0.39, 0.29) is 22.3 Å². The summed E-state index contributed by atoms with van der Waals surface area (Å²) in [6.45, 7) is 4.22. The average molecular weight is 299 g/mol. The quantitative estimate of drug-likeness (QED) is 0.615. The maximum atomic E-state index is 12.2. The standard InChI is InChI=1S/C12H17N3O4S/c1-3-13-11-7-9(4-5-12(11)15(16)17)20(18,19)14-10-6-8(10)2/h4-5,7-8,10,13-14H,3,6H2,1-2H3. The maximum absolute atomic E-state index is 12.2. The van der Waals surface area contributed by atoms with Crippen LogP contribution in [0.4, 0.5) is 11.4 Å². The minimum Gasteiger partial charge on any atom is -0.380 e. The van der Waals surface area contributed by atoms with Crippen LogP contribution in [0.25, 0.3) is 0 Å². The molecule has 1 aliphatic carbocycles. The molecule has 0 amide bonds. The highest BCUT2D eigenvalue weighted by atomic mass is 32.2. The van der Waals surface area contributed by atoms with Gasteiger partial charge in [-0.15, -0.1) is 0 Å². The van der Waals surface area contributed by atoms with E-state index >= 15 is 0 Å². The first-order chi connectivity index (χ1) is 9.35. The molecule has 1 fully saturated rings. The Bertz CT molecular complexity index is 630. The fourth-order valence-corrected chi connectivity index (χ4v) is 3.31. The summed E-state index contributed by atoms with van der Waals surface area (Å²) in [5, 5.41) is 13.7. The zero-order valence-electron chi connectivity index (χ0n) is 11.3. The molecule has 0 aliphatic heterocycles.